The van der Waals surface area contributed by atoms with E-state index in [-0.39, 0.29) is 44.9 Å². The van der Waals surface area contributed by atoms with Crippen LogP contribution in [0.25, 0.3) is 0 Å². The van der Waals surface area contributed by atoms with Crippen LogP contribution in [0.15, 0.2) is 0 Å². The second-order valence-corrected chi connectivity index (χ2v) is 5.15. The van der Waals surface area contributed by atoms with E-state index >= 15 is 0 Å². The third-order valence-electron chi connectivity index (χ3n) is 3.26. The van der Waals surface area contributed by atoms with Crippen LogP contribution in [-0.2, 0) is 4.79 Å². The summed E-state index contributed by atoms with van der Waals surface area (Å²) in [5.74, 6) is 0.361. The second kappa shape index (κ2) is 17.1. The molecule has 2 atom stereocenters. The molecule has 0 aromatic heterocycles. The Hall–Kier alpha value is 0.0900. The minimum Gasteiger partial charge on any atom is -0.356 e. The zero-order chi connectivity index (χ0) is 13.8. The van der Waals surface area contributed by atoms with Crippen LogP contribution in [0.2, 0.25) is 0 Å². The zero-order valence-corrected chi connectivity index (χ0v) is 15.1. The largest absolute Gasteiger partial charge is 0.356 e. The fourth-order valence-electron chi connectivity index (χ4n) is 2.00. The highest BCUT2D eigenvalue weighted by Crippen LogP contribution is 2.12. The van der Waals surface area contributed by atoms with Gasteiger partial charge in [-0.25, -0.2) is 0 Å². The number of carbonyl (C=O) groups excluding carboxylic acids is 1. The summed E-state index contributed by atoms with van der Waals surface area (Å²) in [5, 5.41) is 3.02. The number of hydrogen-bond acceptors (Lipinski definition) is 3. The molecular weight excluding hydrogens is 290 g/mol. The number of rotatable bonds is 11. The average molecular weight is 326 g/mol. The molecular formula is C14H35N3OS2. The first-order valence-electron chi connectivity index (χ1n) is 7.35. The first-order chi connectivity index (χ1) is 8.61. The maximum absolute atomic E-state index is 11.9. The number of hydrogen-bond donors (Lipinski definition) is 3. The number of unbranched alkanes of at least 4 members (excludes halogenated alkanes) is 2. The molecule has 4 nitrogen and oxygen atoms in total. The minimum absolute atomic E-state index is 0. The second-order valence-electron chi connectivity index (χ2n) is 5.15. The van der Waals surface area contributed by atoms with Gasteiger partial charge in [0.15, 0.2) is 0 Å². The molecule has 0 bridgehead atoms. The van der Waals surface area contributed by atoms with Crippen LogP contribution >= 0.6 is 27.0 Å². The summed E-state index contributed by atoms with van der Waals surface area (Å²) in [7, 11) is 0. The highest BCUT2D eigenvalue weighted by atomic mass is 32.1. The monoisotopic (exact) mass is 325 g/mol. The van der Waals surface area contributed by atoms with Gasteiger partial charge < -0.3 is 16.8 Å². The van der Waals surface area contributed by atoms with Crippen molar-refractivity contribution >= 4 is 32.9 Å². The molecule has 0 aliphatic heterocycles. The Morgan fingerprint density at radius 3 is 2.20 bits per heavy atom. The van der Waals surface area contributed by atoms with Crippen LogP contribution in [0.3, 0.4) is 0 Å². The first kappa shape index (κ1) is 25.1. The quantitative estimate of drug-likeness (QED) is 0.508. The lowest BCUT2D eigenvalue weighted by molar-refractivity contribution is -0.125. The molecule has 0 aliphatic rings. The van der Waals surface area contributed by atoms with E-state index in [9.17, 15) is 4.79 Å². The van der Waals surface area contributed by atoms with Crippen molar-refractivity contribution in [2.75, 3.05) is 13.1 Å². The van der Waals surface area contributed by atoms with Crippen LogP contribution in [0, 0.1) is 5.92 Å². The summed E-state index contributed by atoms with van der Waals surface area (Å²) >= 11 is 0. The summed E-state index contributed by atoms with van der Waals surface area (Å²) in [6.07, 6.45) is 7.07. The van der Waals surface area contributed by atoms with E-state index in [4.69, 9.17) is 11.5 Å². The van der Waals surface area contributed by atoms with Crippen molar-refractivity contribution in [1.29, 1.82) is 0 Å². The van der Waals surface area contributed by atoms with Gasteiger partial charge in [-0.3, -0.25) is 4.79 Å². The summed E-state index contributed by atoms with van der Waals surface area (Å²) in [6, 6.07) is 0.264. The van der Waals surface area contributed by atoms with Crippen molar-refractivity contribution in [2.24, 2.45) is 17.4 Å². The van der Waals surface area contributed by atoms with E-state index < -0.39 is 0 Å². The predicted molar refractivity (Wildman–Crippen MR) is 98.0 cm³/mol. The summed E-state index contributed by atoms with van der Waals surface area (Å²) in [5.41, 5.74) is 11.1. The molecule has 0 fully saturated rings. The normalized spacial score (nSPS) is 12.8. The third kappa shape index (κ3) is 14.5. The maximum Gasteiger partial charge on any atom is 0.223 e. The summed E-state index contributed by atoms with van der Waals surface area (Å²) in [4.78, 5) is 11.9. The Bertz CT molecular complexity index is 217. The number of amides is 1. The summed E-state index contributed by atoms with van der Waals surface area (Å²) in [6.45, 7) is 5.58. The van der Waals surface area contributed by atoms with Gasteiger partial charge in [-0.1, -0.05) is 19.8 Å². The van der Waals surface area contributed by atoms with E-state index in [0.29, 0.717) is 0 Å². The Morgan fingerprint density at radius 1 is 1.10 bits per heavy atom. The molecule has 0 aromatic carbocycles. The molecule has 0 spiro atoms. The van der Waals surface area contributed by atoms with Crippen LogP contribution in [0.4, 0.5) is 0 Å². The maximum atomic E-state index is 11.9. The fourth-order valence-corrected chi connectivity index (χ4v) is 2.00. The fraction of sp³-hybridized carbons (Fsp3) is 0.929. The Labute approximate surface area is 138 Å². The average Bonchev–Trinajstić information content (AvgIpc) is 2.33. The third-order valence-corrected chi connectivity index (χ3v) is 3.26. The topological polar surface area (TPSA) is 81.1 Å². The standard InChI is InChI=1S/C14H31N3O.2H2S/c1-3-13(9-4-6-10-15)14(18)17-11-7-5-8-12(2)16;;/h12-13H,3-11,15-16H2,1-2H3,(H,17,18);2*1H2. The van der Waals surface area contributed by atoms with E-state index in [0.717, 1.165) is 58.0 Å². The van der Waals surface area contributed by atoms with Gasteiger partial charge in [-0.15, -0.1) is 0 Å². The van der Waals surface area contributed by atoms with E-state index in [1.54, 1.807) is 0 Å². The van der Waals surface area contributed by atoms with Crippen LogP contribution in [0.1, 0.15) is 58.8 Å². The van der Waals surface area contributed by atoms with Gasteiger partial charge in [0.1, 0.15) is 0 Å². The number of carbonyl (C=O) groups is 1. The molecule has 0 rings (SSSR count). The van der Waals surface area contributed by atoms with Gasteiger partial charge in [0, 0.05) is 18.5 Å². The van der Waals surface area contributed by atoms with E-state index in [2.05, 4.69) is 12.2 Å². The Balaban J connectivity index is -0.00000144. The van der Waals surface area contributed by atoms with Crippen LogP contribution in [0.5, 0.6) is 0 Å². The van der Waals surface area contributed by atoms with Gasteiger partial charge in [0.2, 0.25) is 5.91 Å². The smallest absolute Gasteiger partial charge is 0.223 e. The van der Waals surface area contributed by atoms with Crippen molar-refractivity contribution < 1.29 is 4.79 Å². The molecule has 1 amide bonds. The number of nitrogens with one attached hydrogen (secondary N) is 1. The molecule has 5 N–H and O–H groups in total. The van der Waals surface area contributed by atoms with Crippen LogP contribution in [-0.4, -0.2) is 25.0 Å². The van der Waals surface area contributed by atoms with Crippen molar-refractivity contribution in [3.63, 3.8) is 0 Å². The van der Waals surface area contributed by atoms with Crippen molar-refractivity contribution in [3.8, 4) is 0 Å². The highest BCUT2D eigenvalue weighted by Gasteiger charge is 2.14. The van der Waals surface area contributed by atoms with Crippen molar-refractivity contribution in [2.45, 2.75) is 64.8 Å². The molecule has 20 heavy (non-hydrogen) atoms. The van der Waals surface area contributed by atoms with Crippen molar-refractivity contribution in [3.05, 3.63) is 0 Å². The lowest BCUT2D eigenvalue weighted by Gasteiger charge is -2.14. The van der Waals surface area contributed by atoms with Gasteiger partial charge >= 0.3 is 0 Å². The Morgan fingerprint density at radius 2 is 1.70 bits per heavy atom. The molecule has 2 unspecified atom stereocenters. The molecule has 0 aliphatic carbocycles. The number of nitrogens with two attached hydrogens (primary N) is 2. The molecule has 124 valence electrons. The molecule has 6 heteroatoms. The molecule has 0 radical (unpaired) electrons. The first-order valence-corrected chi connectivity index (χ1v) is 7.35. The van der Waals surface area contributed by atoms with Crippen molar-refractivity contribution in [1.82, 2.24) is 5.32 Å². The zero-order valence-electron chi connectivity index (χ0n) is 13.1. The molecule has 0 saturated carbocycles. The highest BCUT2D eigenvalue weighted by molar-refractivity contribution is 7.59. The van der Waals surface area contributed by atoms with Crippen LogP contribution < -0.4 is 16.8 Å². The summed E-state index contributed by atoms with van der Waals surface area (Å²) < 4.78 is 0. The minimum atomic E-state index is 0. The molecule has 0 aromatic rings. The SMILES string of the molecule is CCC(CCCCN)C(=O)NCCCCC(C)N.S.S. The lowest BCUT2D eigenvalue weighted by Crippen LogP contribution is -2.31. The van der Waals surface area contributed by atoms with Gasteiger partial charge in [0.25, 0.3) is 0 Å². The van der Waals surface area contributed by atoms with E-state index in [1.807, 2.05) is 6.92 Å². The predicted octanol–water partition coefficient (Wildman–Crippen LogP) is 2.00. The molecule has 0 saturated heterocycles. The van der Waals surface area contributed by atoms with Gasteiger partial charge in [0.05, 0.1) is 0 Å². The van der Waals surface area contributed by atoms with E-state index in [1.165, 1.54) is 0 Å². The van der Waals surface area contributed by atoms with Gasteiger partial charge in [-0.2, -0.15) is 27.0 Å². The Kier molecular flexibility index (Phi) is 21.5. The lowest BCUT2D eigenvalue weighted by atomic mass is 9.98. The van der Waals surface area contributed by atoms with Gasteiger partial charge in [-0.05, 0) is 45.6 Å². The molecule has 0 heterocycles.